The maximum atomic E-state index is 12.8. The van der Waals surface area contributed by atoms with E-state index in [0.717, 1.165) is 0 Å². The third-order valence-electron chi connectivity index (χ3n) is 1.65. The van der Waals surface area contributed by atoms with Crippen LogP contribution in [0.3, 0.4) is 0 Å². The van der Waals surface area contributed by atoms with Gasteiger partial charge in [0.2, 0.25) is 0 Å². The van der Waals surface area contributed by atoms with Crippen LogP contribution in [0.5, 0.6) is 11.8 Å². The summed E-state index contributed by atoms with van der Waals surface area (Å²) in [4.78, 5) is 7.64. The van der Waals surface area contributed by atoms with Gasteiger partial charge in [0.25, 0.3) is 0 Å². The maximum Gasteiger partial charge on any atom is 0.322 e. The zero-order valence-electron chi connectivity index (χ0n) is 7.72. The molecule has 0 spiro atoms. The second-order valence-electron chi connectivity index (χ2n) is 2.86. The van der Waals surface area contributed by atoms with Crippen LogP contribution in [-0.4, -0.2) is 9.97 Å². The van der Waals surface area contributed by atoms with E-state index in [9.17, 15) is 4.39 Å². The highest BCUT2D eigenvalue weighted by Gasteiger charge is 2.00. The second kappa shape index (κ2) is 3.91. The molecule has 2 aromatic rings. The Morgan fingerprint density at radius 1 is 1.20 bits per heavy atom. The van der Waals surface area contributed by atoms with Crippen molar-refractivity contribution in [1.82, 2.24) is 9.97 Å². The van der Waals surface area contributed by atoms with Crippen molar-refractivity contribution in [2.45, 2.75) is 0 Å². The van der Waals surface area contributed by atoms with E-state index < -0.39 is 0 Å². The van der Waals surface area contributed by atoms with Crippen molar-refractivity contribution in [3.8, 4) is 11.8 Å². The summed E-state index contributed by atoms with van der Waals surface area (Å²) in [6.45, 7) is 0. The summed E-state index contributed by atoms with van der Waals surface area (Å²) in [5, 5.41) is 0. The third kappa shape index (κ3) is 2.40. The lowest BCUT2D eigenvalue weighted by Gasteiger charge is -2.02. The van der Waals surface area contributed by atoms with Crippen LogP contribution in [-0.2, 0) is 0 Å². The van der Waals surface area contributed by atoms with Gasteiger partial charge in [-0.3, -0.25) is 0 Å². The highest BCUT2D eigenvalue weighted by molar-refractivity contribution is 5.32. The molecular weight excluding hydrogens is 197 g/mol. The molecule has 15 heavy (non-hydrogen) atoms. The molecule has 0 unspecified atom stereocenters. The second-order valence-corrected chi connectivity index (χ2v) is 2.86. The molecule has 0 radical (unpaired) electrons. The minimum absolute atomic E-state index is 0.134. The first kappa shape index (κ1) is 9.39. The van der Waals surface area contributed by atoms with Gasteiger partial charge in [0.05, 0.1) is 18.1 Å². The standard InChI is InChI=1S/C10H8FN3O/c11-7-2-1-3-9(4-7)15-10-13-5-8(12)6-14-10/h1-6H,12H2. The van der Waals surface area contributed by atoms with E-state index in [2.05, 4.69) is 9.97 Å². The average Bonchev–Trinajstić information content (AvgIpc) is 2.22. The van der Waals surface area contributed by atoms with E-state index in [1.165, 1.54) is 24.5 Å². The number of aromatic nitrogens is 2. The highest BCUT2D eigenvalue weighted by Crippen LogP contribution is 2.18. The minimum atomic E-state index is -0.372. The first-order valence-electron chi connectivity index (χ1n) is 4.25. The van der Waals surface area contributed by atoms with Crippen LogP contribution in [0.4, 0.5) is 10.1 Å². The fourth-order valence-electron chi connectivity index (χ4n) is 1.01. The summed E-state index contributed by atoms with van der Waals surface area (Å²) in [7, 11) is 0. The van der Waals surface area contributed by atoms with E-state index in [4.69, 9.17) is 10.5 Å². The van der Waals surface area contributed by atoms with E-state index in [0.29, 0.717) is 11.4 Å². The van der Waals surface area contributed by atoms with Gasteiger partial charge in [0.1, 0.15) is 11.6 Å². The molecule has 0 saturated carbocycles. The number of hydrogen-bond donors (Lipinski definition) is 1. The lowest BCUT2D eigenvalue weighted by Crippen LogP contribution is -1.93. The Kier molecular flexibility index (Phi) is 2.45. The molecule has 1 aromatic carbocycles. The lowest BCUT2D eigenvalue weighted by atomic mass is 10.3. The van der Waals surface area contributed by atoms with Gasteiger partial charge in [-0.05, 0) is 12.1 Å². The predicted octanol–water partition coefficient (Wildman–Crippen LogP) is 1.99. The van der Waals surface area contributed by atoms with Crippen molar-refractivity contribution in [1.29, 1.82) is 0 Å². The molecule has 4 nitrogen and oxygen atoms in total. The average molecular weight is 205 g/mol. The van der Waals surface area contributed by atoms with E-state index >= 15 is 0 Å². The van der Waals surface area contributed by atoms with Crippen molar-refractivity contribution in [2.24, 2.45) is 0 Å². The predicted molar refractivity (Wildman–Crippen MR) is 52.9 cm³/mol. The van der Waals surface area contributed by atoms with Gasteiger partial charge >= 0.3 is 6.01 Å². The van der Waals surface area contributed by atoms with E-state index in [1.54, 1.807) is 12.1 Å². The fraction of sp³-hybridized carbons (Fsp3) is 0. The Bertz CT molecular complexity index is 458. The summed E-state index contributed by atoms with van der Waals surface area (Å²) >= 11 is 0. The summed E-state index contributed by atoms with van der Waals surface area (Å²) in [5.74, 6) is -0.0253. The molecule has 76 valence electrons. The first-order valence-corrected chi connectivity index (χ1v) is 4.25. The van der Waals surface area contributed by atoms with E-state index in [1.807, 2.05) is 0 Å². The van der Waals surface area contributed by atoms with Gasteiger partial charge in [-0.15, -0.1) is 0 Å². The highest BCUT2D eigenvalue weighted by atomic mass is 19.1. The molecule has 1 aromatic heterocycles. The van der Waals surface area contributed by atoms with Crippen LogP contribution >= 0.6 is 0 Å². The topological polar surface area (TPSA) is 61.0 Å². The van der Waals surface area contributed by atoms with Gasteiger partial charge in [0, 0.05) is 6.07 Å². The first-order chi connectivity index (χ1) is 7.24. The zero-order valence-corrected chi connectivity index (χ0v) is 7.72. The molecule has 0 bridgehead atoms. The van der Waals surface area contributed by atoms with Crippen molar-refractivity contribution in [3.05, 3.63) is 42.5 Å². The van der Waals surface area contributed by atoms with Crippen LogP contribution in [0.1, 0.15) is 0 Å². The molecule has 0 aliphatic carbocycles. The summed E-state index contributed by atoms with van der Waals surface area (Å²) in [6.07, 6.45) is 2.84. The maximum absolute atomic E-state index is 12.8. The van der Waals surface area contributed by atoms with Crippen molar-refractivity contribution < 1.29 is 9.13 Å². The summed E-state index contributed by atoms with van der Waals surface area (Å²) in [5.41, 5.74) is 5.85. The summed E-state index contributed by atoms with van der Waals surface area (Å²) < 4.78 is 18.0. The van der Waals surface area contributed by atoms with Crippen molar-refractivity contribution >= 4 is 5.69 Å². The number of benzene rings is 1. The van der Waals surface area contributed by atoms with Crippen molar-refractivity contribution in [3.63, 3.8) is 0 Å². The SMILES string of the molecule is Nc1cnc(Oc2cccc(F)c2)nc1. The Morgan fingerprint density at radius 2 is 1.93 bits per heavy atom. The van der Waals surface area contributed by atoms with Crippen LogP contribution < -0.4 is 10.5 Å². The van der Waals surface area contributed by atoms with Gasteiger partial charge in [-0.25, -0.2) is 14.4 Å². The molecule has 5 heteroatoms. The number of hydrogen-bond acceptors (Lipinski definition) is 4. The Morgan fingerprint density at radius 3 is 2.60 bits per heavy atom. The molecule has 0 atom stereocenters. The fourth-order valence-corrected chi connectivity index (χ4v) is 1.01. The van der Waals surface area contributed by atoms with Gasteiger partial charge in [-0.1, -0.05) is 6.07 Å². The summed E-state index contributed by atoms with van der Waals surface area (Å²) in [6, 6.07) is 5.87. The van der Waals surface area contributed by atoms with Gasteiger partial charge in [0.15, 0.2) is 0 Å². The van der Waals surface area contributed by atoms with Crippen LogP contribution in [0.15, 0.2) is 36.7 Å². The number of nitrogens with two attached hydrogens (primary N) is 1. The van der Waals surface area contributed by atoms with Crippen LogP contribution in [0, 0.1) is 5.82 Å². The molecule has 0 fully saturated rings. The van der Waals surface area contributed by atoms with E-state index in [-0.39, 0.29) is 11.8 Å². The van der Waals surface area contributed by atoms with Crippen molar-refractivity contribution in [2.75, 3.05) is 5.73 Å². The third-order valence-corrected chi connectivity index (χ3v) is 1.65. The lowest BCUT2D eigenvalue weighted by molar-refractivity contribution is 0.438. The smallest absolute Gasteiger partial charge is 0.322 e. The largest absolute Gasteiger partial charge is 0.424 e. The van der Waals surface area contributed by atoms with Crippen LogP contribution in [0.2, 0.25) is 0 Å². The van der Waals surface area contributed by atoms with Crippen LogP contribution in [0.25, 0.3) is 0 Å². The molecule has 0 aliphatic heterocycles. The van der Waals surface area contributed by atoms with Gasteiger partial charge < -0.3 is 10.5 Å². The number of anilines is 1. The molecular formula is C10H8FN3O. The monoisotopic (exact) mass is 205 g/mol. The zero-order chi connectivity index (χ0) is 10.7. The molecule has 1 heterocycles. The Balaban J connectivity index is 2.18. The number of nitrogen functional groups attached to an aromatic ring is 1. The molecule has 0 saturated heterocycles. The van der Waals surface area contributed by atoms with Gasteiger partial charge in [-0.2, -0.15) is 0 Å². The number of rotatable bonds is 2. The minimum Gasteiger partial charge on any atom is -0.424 e. The number of nitrogens with zero attached hydrogens (tertiary/aromatic N) is 2. The normalized spacial score (nSPS) is 9.93. The molecule has 2 rings (SSSR count). The Hall–Kier alpha value is -2.17. The quantitative estimate of drug-likeness (QED) is 0.814. The Labute approximate surface area is 85.5 Å². The number of ether oxygens (including phenoxy) is 1. The molecule has 2 N–H and O–H groups in total. The molecule has 0 aliphatic rings. The number of halogens is 1. The molecule has 0 amide bonds.